The first-order chi connectivity index (χ1) is 9.31. The molecule has 1 saturated heterocycles. The Morgan fingerprint density at radius 1 is 1.16 bits per heavy atom. The van der Waals surface area contributed by atoms with E-state index in [0.29, 0.717) is 5.41 Å². The summed E-state index contributed by atoms with van der Waals surface area (Å²) in [7, 11) is 0. The van der Waals surface area contributed by atoms with E-state index in [9.17, 15) is 0 Å². The van der Waals surface area contributed by atoms with Gasteiger partial charge in [-0.3, -0.25) is 0 Å². The van der Waals surface area contributed by atoms with Crippen molar-refractivity contribution in [3.05, 3.63) is 35.4 Å². The SMILES string of the molecule is CCC1(CN2CCc3ccccc3CC2)CCNC1. The predicted octanol–water partition coefficient (Wildman–Crippen LogP) is 2.48. The predicted molar refractivity (Wildman–Crippen MR) is 80.5 cm³/mol. The molecule has 19 heavy (non-hydrogen) atoms. The average Bonchev–Trinajstić information content (AvgIpc) is 2.82. The molecule has 0 saturated carbocycles. The first kappa shape index (κ1) is 13.1. The second-order valence-electron chi connectivity index (χ2n) is 6.33. The number of nitrogens with one attached hydrogen (secondary N) is 1. The highest BCUT2D eigenvalue weighted by Crippen LogP contribution is 2.31. The fraction of sp³-hybridized carbons (Fsp3) is 0.647. The molecule has 1 atom stereocenters. The summed E-state index contributed by atoms with van der Waals surface area (Å²) in [5.41, 5.74) is 3.68. The van der Waals surface area contributed by atoms with Crippen LogP contribution in [0.4, 0.5) is 0 Å². The molecule has 104 valence electrons. The molecule has 2 heteroatoms. The summed E-state index contributed by atoms with van der Waals surface area (Å²) in [5, 5.41) is 3.56. The summed E-state index contributed by atoms with van der Waals surface area (Å²) < 4.78 is 0. The van der Waals surface area contributed by atoms with Gasteiger partial charge in [-0.05, 0) is 48.8 Å². The van der Waals surface area contributed by atoms with Crippen LogP contribution in [0, 0.1) is 5.41 Å². The Morgan fingerprint density at radius 2 is 1.84 bits per heavy atom. The van der Waals surface area contributed by atoms with E-state index < -0.39 is 0 Å². The number of nitrogens with zero attached hydrogens (tertiary/aromatic N) is 1. The lowest BCUT2D eigenvalue weighted by Crippen LogP contribution is -2.40. The van der Waals surface area contributed by atoms with Crippen LogP contribution in [0.15, 0.2) is 24.3 Å². The molecule has 0 aliphatic carbocycles. The molecule has 1 aromatic rings. The third-order valence-electron chi connectivity index (χ3n) is 5.15. The van der Waals surface area contributed by atoms with Crippen LogP contribution in [0.5, 0.6) is 0 Å². The van der Waals surface area contributed by atoms with Crippen molar-refractivity contribution in [3.63, 3.8) is 0 Å². The third-order valence-corrected chi connectivity index (χ3v) is 5.15. The molecule has 0 bridgehead atoms. The Labute approximate surface area is 117 Å². The maximum absolute atomic E-state index is 3.56. The van der Waals surface area contributed by atoms with E-state index >= 15 is 0 Å². The molecule has 0 radical (unpaired) electrons. The Bertz CT molecular complexity index is 394. The van der Waals surface area contributed by atoms with E-state index in [2.05, 4.69) is 41.4 Å². The molecule has 0 amide bonds. The largest absolute Gasteiger partial charge is 0.316 e. The summed E-state index contributed by atoms with van der Waals surface area (Å²) in [6.07, 6.45) is 5.11. The van der Waals surface area contributed by atoms with Gasteiger partial charge < -0.3 is 10.2 Å². The summed E-state index contributed by atoms with van der Waals surface area (Å²) in [5.74, 6) is 0. The number of hydrogen-bond acceptors (Lipinski definition) is 2. The van der Waals surface area contributed by atoms with E-state index in [1.807, 2.05) is 0 Å². The summed E-state index contributed by atoms with van der Waals surface area (Å²) in [6, 6.07) is 8.99. The minimum absolute atomic E-state index is 0.538. The van der Waals surface area contributed by atoms with Gasteiger partial charge in [-0.2, -0.15) is 0 Å². The van der Waals surface area contributed by atoms with Gasteiger partial charge in [0.2, 0.25) is 0 Å². The molecule has 2 aliphatic rings. The lowest BCUT2D eigenvalue weighted by molar-refractivity contribution is 0.163. The van der Waals surface area contributed by atoms with Crippen LogP contribution >= 0.6 is 0 Å². The Morgan fingerprint density at radius 3 is 2.37 bits per heavy atom. The van der Waals surface area contributed by atoms with Crippen molar-refractivity contribution in [2.24, 2.45) is 5.41 Å². The topological polar surface area (TPSA) is 15.3 Å². The van der Waals surface area contributed by atoms with Gasteiger partial charge in [-0.1, -0.05) is 31.2 Å². The van der Waals surface area contributed by atoms with Crippen molar-refractivity contribution in [1.82, 2.24) is 10.2 Å². The highest BCUT2D eigenvalue weighted by atomic mass is 15.1. The van der Waals surface area contributed by atoms with Gasteiger partial charge in [0.05, 0.1) is 0 Å². The molecule has 2 aliphatic heterocycles. The van der Waals surface area contributed by atoms with E-state index in [1.54, 1.807) is 11.1 Å². The van der Waals surface area contributed by atoms with Gasteiger partial charge in [-0.25, -0.2) is 0 Å². The summed E-state index contributed by atoms with van der Waals surface area (Å²) in [4.78, 5) is 2.70. The number of hydrogen-bond donors (Lipinski definition) is 1. The molecule has 0 aromatic heterocycles. The fourth-order valence-corrected chi connectivity index (χ4v) is 3.69. The highest BCUT2D eigenvalue weighted by molar-refractivity contribution is 5.28. The highest BCUT2D eigenvalue weighted by Gasteiger charge is 2.33. The van der Waals surface area contributed by atoms with Crippen LogP contribution in [0.2, 0.25) is 0 Å². The smallest absolute Gasteiger partial charge is 0.00508 e. The van der Waals surface area contributed by atoms with Crippen molar-refractivity contribution in [1.29, 1.82) is 0 Å². The standard InChI is InChI=1S/C17H26N2/c1-2-17(9-10-18-13-17)14-19-11-7-15-5-3-4-6-16(15)8-12-19/h3-6,18H,2,7-14H2,1H3. The maximum Gasteiger partial charge on any atom is 0.00508 e. The average molecular weight is 258 g/mol. The zero-order chi connectivity index (χ0) is 13.1. The molecule has 1 aromatic carbocycles. The molecule has 0 spiro atoms. The van der Waals surface area contributed by atoms with Gasteiger partial charge in [0.1, 0.15) is 0 Å². The van der Waals surface area contributed by atoms with Crippen LogP contribution in [-0.4, -0.2) is 37.6 Å². The summed E-state index contributed by atoms with van der Waals surface area (Å²) in [6.45, 7) is 8.54. The van der Waals surface area contributed by atoms with E-state index in [-0.39, 0.29) is 0 Å². The lowest BCUT2D eigenvalue weighted by Gasteiger charge is -2.33. The normalized spacial score (nSPS) is 28.1. The number of benzene rings is 1. The minimum atomic E-state index is 0.538. The van der Waals surface area contributed by atoms with E-state index in [4.69, 9.17) is 0 Å². The van der Waals surface area contributed by atoms with Crippen molar-refractivity contribution < 1.29 is 0 Å². The zero-order valence-corrected chi connectivity index (χ0v) is 12.1. The van der Waals surface area contributed by atoms with Crippen LogP contribution < -0.4 is 5.32 Å². The van der Waals surface area contributed by atoms with Gasteiger partial charge in [-0.15, -0.1) is 0 Å². The second kappa shape index (κ2) is 5.64. The van der Waals surface area contributed by atoms with Gasteiger partial charge in [0.15, 0.2) is 0 Å². The molecule has 1 fully saturated rings. The fourth-order valence-electron chi connectivity index (χ4n) is 3.69. The van der Waals surface area contributed by atoms with E-state index in [0.717, 1.165) is 0 Å². The Kier molecular flexibility index (Phi) is 3.90. The zero-order valence-electron chi connectivity index (χ0n) is 12.1. The van der Waals surface area contributed by atoms with Crippen LogP contribution in [0.3, 0.4) is 0 Å². The first-order valence-electron chi connectivity index (χ1n) is 7.81. The molecule has 2 heterocycles. The maximum atomic E-state index is 3.56. The molecule has 2 nitrogen and oxygen atoms in total. The van der Waals surface area contributed by atoms with Crippen molar-refractivity contribution in [3.8, 4) is 0 Å². The monoisotopic (exact) mass is 258 g/mol. The lowest BCUT2D eigenvalue weighted by atomic mass is 9.83. The van der Waals surface area contributed by atoms with E-state index in [1.165, 1.54) is 58.4 Å². The quantitative estimate of drug-likeness (QED) is 0.896. The molecular weight excluding hydrogens is 232 g/mol. The molecule has 3 rings (SSSR count). The van der Waals surface area contributed by atoms with Gasteiger partial charge in [0.25, 0.3) is 0 Å². The van der Waals surface area contributed by atoms with Crippen LogP contribution in [0.25, 0.3) is 0 Å². The van der Waals surface area contributed by atoms with Gasteiger partial charge >= 0.3 is 0 Å². The Balaban J connectivity index is 1.65. The molecular formula is C17H26N2. The van der Waals surface area contributed by atoms with Crippen molar-refractivity contribution in [2.45, 2.75) is 32.6 Å². The number of rotatable bonds is 3. The molecule has 1 unspecified atom stereocenters. The van der Waals surface area contributed by atoms with Crippen molar-refractivity contribution in [2.75, 3.05) is 32.7 Å². The third kappa shape index (κ3) is 2.85. The summed E-state index contributed by atoms with van der Waals surface area (Å²) >= 11 is 0. The van der Waals surface area contributed by atoms with Gasteiger partial charge in [0, 0.05) is 26.2 Å². The second-order valence-corrected chi connectivity index (χ2v) is 6.33. The number of fused-ring (bicyclic) bond motifs is 1. The Hall–Kier alpha value is -0.860. The first-order valence-corrected chi connectivity index (χ1v) is 7.81. The van der Waals surface area contributed by atoms with Crippen LogP contribution in [-0.2, 0) is 12.8 Å². The molecule has 1 N–H and O–H groups in total. The van der Waals surface area contributed by atoms with Crippen molar-refractivity contribution >= 4 is 0 Å². The van der Waals surface area contributed by atoms with Crippen LogP contribution in [0.1, 0.15) is 30.9 Å². The minimum Gasteiger partial charge on any atom is -0.316 e.